The number of nitrogens with zero attached hydrogens (tertiary/aromatic N) is 4. The van der Waals surface area contributed by atoms with Crippen LogP contribution in [0.4, 0.5) is 5.69 Å². The summed E-state index contributed by atoms with van der Waals surface area (Å²) in [6.07, 6.45) is 0.431. The Labute approximate surface area is 141 Å². The van der Waals surface area contributed by atoms with Crippen molar-refractivity contribution in [1.82, 2.24) is 19.8 Å². The predicted octanol–water partition coefficient (Wildman–Crippen LogP) is 2.39. The molecule has 0 amide bonds. The fourth-order valence-electron chi connectivity index (χ4n) is 2.44. The van der Waals surface area contributed by atoms with Gasteiger partial charge in [0, 0.05) is 17.7 Å². The van der Waals surface area contributed by atoms with Crippen molar-refractivity contribution in [3.8, 4) is 10.6 Å². The normalized spacial score (nSPS) is 11.0. The molecule has 2 N–H and O–H groups in total. The van der Waals surface area contributed by atoms with E-state index in [9.17, 15) is 4.79 Å². The minimum Gasteiger partial charge on any atom is -0.399 e. The van der Waals surface area contributed by atoms with Gasteiger partial charge in [0.1, 0.15) is 10.7 Å². The Morgan fingerprint density at radius 2 is 1.88 bits per heavy atom. The number of anilines is 1. The van der Waals surface area contributed by atoms with Crippen molar-refractivity contribution in [3.05, 3.63) is 76.2 Å². The van der Waals surface area contributed by atoms with Crippen LogP contribution in [0.25, 0.3) is 15.5 Å². The van der Waals surface area contributed by atoms with Crippen molar-refractivity contribution in [3.63, 3.8) is 0 Å². The van der Waals surface area contributed by atoms with Gasteiger partial charge in [-0.25, -0.2) is 0 Å². The first kappa shape index (κ1) is 14.5. The van der Waals surface area contributed by atoms with Crippen molar-refractivity contribution >= 4 is 22.0 Å². The molecule has 0 saturated carbocycles. The number of aromatic nitrogens is 4. The second kappa shape index (κ2) is 5.86. The van der Waals surface area contributed by atoms with Gasteiger partial charge in [-0.15, -0.1) is 10.2 Å². The Morgan fingerprint density at radius 3 is 2.67 bits per heavy atom. The SMILES string of the molecule is Nc1cccc(-c2nn3c(=O)c(Cc4ccccc4)nnc3s2)c1. The van der Waals surface area contributed by atoms with Crippen LogP contribution in [0, 0.1) is 0 Å². The maximum Gasteiger partial charge on any atom is 0.297 e. The van der Waals surface area contributed by atoms with Crippen LogP contribution >= 0.6 is 11.3 Å². The first-order valence-electron chi connectivity index (χ1n) is 7.36. The lowest BCUT2D eigenvalue weighted by atomic mass is 10.1. The number of hydrogen-bond acceptors (Lipinski definition) is 6. The third-order valence-corrected chi connectivity index (χ3v) is 4.55. The van der Waals surface area contributed by atoms with E-state index in [0.29, 0.717) is 27.8 Å². The Hall–Kier alpha value is -3.06. The van der Waals surface area contributed by atoms with Crippen LogP contribution < -0.4 is 11.3 Å². The molecule has 24 heavy (non-hydrogen) atoms. The van der Waals surface area contributed by atoms with Crippen LogP contribution in [-0.2, 0) is 6.42 Å². The van der Waals surface area contributed by atoms with Crippen molar-refractivity contribution in [2.75, 3.05) is 5.73 Å². The van der Waals surface area contributed by atoms with Gasteiger partial charge in [-0.1, -0.05) is 53.8 Å². The first-order chi connectivity index (χ1) is 11.7. The average molecular weight is 335 g/mol. The Bertz CT molecular complexity index is 1070. The highest BCUT2D eigenvalue weighted by Gasteiger charge is 2.13. The largest absolute Gasteiger partial charge is 0.399 e. The molecule has 7 heteroatoms. The average Bonchev–Trinajstić information content (AvgIpc) is 3.04. The van der Waals surface area contributed by atoms with E-state index in [1.54, 1.807) is 6.07 Å². The molecule has 6 nitrogen and oxygen atoms in total. The summed E-state index contributed by atoms with van der Waals surface area (Å²) in [6, 6.07) is 17.1. The van der Waals surface area contributed by atoms with Crippen LogP contribution in [0.3, 0.4) is 0 Å². The third kappa shape index (κ3) is 2.65. The first-order valence-corrected chi connectivity index (χ1v) is 8.17. The van der Waals surface area contributed by atoms with Gasteiger partial charge < -0.3 is 5.73 Å². The van der Waals surface area contributed by atoms with E-state index in [1.165, 1.54) is 15.9 Å². The Morgan fingerprint density at radius 1 is 1.04 bits per heavy atom. The lowest BCUT2D eigenvalue weighted by Crippen LogP contribution is -2.22. The van der Waals surface area contributed by atoms with E-state index < -0.39 is 0 Å². The van der Waals surface area contributed by atoms with E-state index >= 15 is 0 Å². The second-order valence-electron chi connectivity index (χ2n) is 5.34. The molecule has 4 rings (SSSR count). The molecule has 0 aliphatic heterocycles. The smallest absolute Gasteiger partial charge is 0.297 e. The summed E-state index contributed by atoms with van der Waals surface area (Å²) in [5.74, 6) is 0. The highest BCUT2D eigenvalue weighted by atomic mass is 32.1. The van der Waals surface area contributed by atoms with Gasteiger partial charge in [-0.2, -0.15) is 9.61 Å². The lowest BCUT2D eigenvalue weighted by Gasteiger charge is -1.99. The molecule has 2 aromatic heterocycles. The zero-order chi connectivity index (χ0) is 16.5. The predicted molar refractivity (Wildman–Crippen MR) is 94.0 cm³/mol. The molecule has 0 aliphatic carbocycles. The van der Waals surface area contributed by atoms with Gasteiger partial charge in [-0.3, -0.25) is 4.79 Å². The van der Waals surface area contributed by atoms with Gasteiger partial charge >= 0.3 is 0 Å². The van der Waals surface area contributed by atoms with E-state index in [4.69, 9.17) is 5.73 Å². The molecule has 118 valence electrons. The van der Waals surface area contributed by atoms with Crippen molar-refractivity contribution in [1.29, 1.82) is 0 Å². The Balaban J connectivity index is 1.78. The monoisotopic (exact) mass is 335 g/mol. The van der Waals surface area contributed by atoms with Gasteiger partial charge in [0.05, 0.1) is 0 Å². The number of hydrogen-bond donors (Lipinski definition) is 1. The molecule has 0 saturated heterocycles. The van der Waals surface area contributed by atoms with Gasteiger partial charge in [0.2, 0.25) is 4.96 Å². The summed E-state index contributed by atoms with van der Waals surface area (Å²) in [5.41, 5.74) is 8.46. The van der Waals surface area contributed by atoms with E-state index in [0.717, 1.165) is 11.1 Å². The zero-order valence-corrected chi connectivity index (χ0v) is 13.4. The standard InChI is InChI=1S/C17H13N5OS/c18-13-8-4-7-12(10-13)15-21-22-16(23)14(19-20-17(22)24-15)9-11-5-2-1-3-6-11/h1-8,10H,9,18H2. The molecule has 2 aromatic carbocycles. The number of fused-ring (bicyclic) bond motifs is 1. The molecule has 0 aliphatic rings. The molecule has 0 radical (unpaired) electrons. The summed E-state index contributed by atoms with van der Waals surface area (Å²) in [6.45, 7) is 0. The fraction of sp³-hybridized carbons (Fsp3) is 0.0588. The fourth-order valence-corrected chi connectivity index (χ4v) is 3.27. The number of rotatable bonds is 3. The molecule has 0 spiro atoms. The summed E-state index contributed by atoms with van der Waals surface area (Å²) in [7, 11) is 0. The summed E-state index contributed by atoms with van der Waals surface area (Å²) in [5, 5.41) is 13.3. The topological polar surface area (TPSA) is 86.2 Å². The second-order valence-corrected chi connectivity index (χ2v) is 6.30. The number of benzene rings is 2. The maximum absolute atomic E-state index is 12.6. The summed E-state index contributed by atoms with van der Waals surface area (Å²) in [4.78, 5) is 13.1. The minimum absolute atomic E-state index is 0.241. The molecule has 2 heterocycles. The molecular formula is C17H13N5OS. The van der Waals surface area contributed by atoms with Crippen molar-refractivity contribution < 1.29 is 0 Å². The highest BCUT2D eigenvalue weighted by molar-refractivity contribution is 7.19. The van der Waals surface area contributed by atoms with Crippen LogP contribution in [0.5, 0.6) is 0 Å². The highest BCUT2D eigenvalue weighted by Crippen LogP contribution is 2.25. The van der Waals surface area contributed by atoms with E-state index in [1.807, 2.05) is 48.5 Å². The number of nitrogen functional groups attached to an aromatic ring is 1. The molecule has 4 aromatic rings. The van der Waals surface area contributed by atoms with Crippen LogP contribution in [-0.4, -0.2) is 19.8 Å². The molecular weight excluding hydrogens is 322 g/mol. The van der Waals surface area contributed by atoms with Gasteiger partial charge in [0.15, 0.2) is 0 Å². The van der Waals surface area contributed by atoms with Crippen LogP contribution in [0.2, 0.25) is 0 Å². The number of nitrogens with two attached hydrogens (primary N) is 1. The summed E-state index contributed by atoms with van der Waals surface area (Å²) >= 11 is 1.31. The van der Waals surface area contributed by atoms with Gasteiger partial charge in [0.25, 0.3) is 5.56 Å². The van der Waals surface area contributed by atoms with Crippen LogP contribution in [0.1, 0.15) is 11.3 Å². The minimum atomic E-state index is -0.241. The van der Waals surface area contributed by atoms with E-state index in [2.05, 4.69) is 15.3 Å². The summed E-state index contributed by atoms with van der Waals surface area (Å²) < 4.78 is 1.31. The Kier molecular flexibility index (Phi) is 3.55. The van der Waals surface area contributed by atoms with Crippen LogP contribution in [0.15, 0.2) is 59.4 Å². The van der Waals surface area contributed by atoms with Gasteiger partial charge in [-0.05, 0) is 17.7 Å². The zero-order valence-electron chi connectivity index (χ0n) is 12.6. The molecule has 0 atom stereocenters. The maximum atomic E-state index is 12.6. The molecule has 0 unspecified atom stereocenters. The molecule has 0 bridgehead atoms. The lowest BCUT2D eigenvalue weighted by molar-refractivity contribution is 0.810. The quantitative estimate of drug-likeness (QED) is 0.581. The van der Waals surface area contributed by atoms with Crippen molar-refractivity contribution in [2.24, 2.45) is 0 Å². The third-order valence-electron chi connectivity index (χ3n) is 3.60. The van der Waals surface area contributed by atoms with E-state index in [-0.39, 0.29) is 5.56 Å². The van der Waals surface area contributed by atoms with Crippen molar-refractivity contribution in [2.45, 2.75) is 6.42 Å². The molecule has 0 fully saturated rings.